The van der Waals surface area contributed by atoms with Crippen LogP contribution >= 0.6 is 0 Å². The quantitative estimate of drug-likeness (QED) is 0.511. The molecule has 1 amide bonds. The molecule has 0 aromatic carbocycles. The fourth-order valence-corrected chi connectivity index (χ4v) is 2.86. The molecule has 0 bridgehead atoms. The third kappa shape index (κ3) is 5.98. The minimum Gasteiger partial charge on any atom is -0.383 e. The molecular weight excluding hydrogens is 403 g/mol. The minimum absolute atomic E-state index is 0.106. The number of hydrogen-bond donors (Lipinski definition) is 4. The summed E-state index contributed by atoms with van der Waals surface area (Å²) in [6, 6.07) is 3.21. The van der Waals surface area contributed by atoms with Crippen LogP contribution in [0.4, 0.5) is 30.5 Å². The lowest BCUT2D eigenvalue weighted by atomic mass is 9.98. The zero-order valence-corrected chi connectivity index (χ0v) is 15.6. The van der Waals surface area contributed by atoms with Crippen LogP contribution in [0.5, 0.6) is 0 Å². The van der Waals surface area contributed by atoms with Crippen molar-refractivity contribution < 1.29 is 18.0 Å². The Morgan fingerprint density at radius 2 is 1.97 bits per heavy atom. The highest BCUT2D eigenvalue weighted by atomic mass is 19.4. The van der Waals surface area contributed by atoms with Gasteiger partial charge in [-0.1, -0.05) is 0 Å². The second-order valence-electron chi connectivity index (χ2n) is 6.54. The maximum absolute atomic E-state index is 12.6. The molecule has 1 aliphatic heterocycles. The first-order valence-electron chi connectivity index (χ1n) is 9.05. The fourth-order valence-electron chi connectivity index (χ4n) is 2.86. The topological polar surface area (TPSA) is 141 Å². The van der Waals surface area contributed by atoms with Gasteiger partial charge < -0.3 is 16.0 Å². The number of piperidine rings is 1. The Hall–Kier alpha value is -3.53. The van der Waals surface area contributed by atoms with Crippen molar-refractivity contribution in [3.8, 4) is 6.07 Å². The van der Waals surface area contributed by atoms with E-state index in [4.69, 9.17) is 5.26 Å². The predicted octanol–water partition coefficient (Wildman–Crippen LogP) is 1.54. The lowest BCUT2D eigenvalue weighted by molar-refractivity contribution is -0.146. The van der Waals surface area contributed by atoms with Gasteiger partial charge in [-0.2, -0.15) is 18.4 Å². The van der Waals surface area contributed by atoms with Crippen LogP contribution in [0.2, 0.25) is 0 Å². The molecule has 0 spiro atoms. The molecule has 3 rings (SSSR count). The molecule has 13 heteroatoms. The summed E-state index contributed by atoms with van der Waals surface area (Å²) in [6.45, 7) is 2.18. The van der Waals surface area contributed by atoms with E-state index in [2.05, 4.69) is 36.1 Å². The van der Waals surface area contributed by atoms with E-state index in [1.54, 1.807) is 0 Å². The Balaban J connectivity index is 1.80. The number of nitriles is 1. The van der Waals surface area contributed by atoms with Gasteiger partial charge in [-0.25, -0.2) is 9.97 Å². The molecule has 158 valence electrons. The van der Waals surface area contributed by atoms with E-state index in [0.29, 0.717) is 12.5 Å². The second-order valence-corrected chi connectivity index (χ2v) is 6.54. The first-order valence-corrected chi connectivity index (χ1v) is 9.05. The number of halogens is 3. The maximum Gasteiger partial charge on any atom is 0.484 e. The molecular formula is C17H18F3N9O. The monoisotopic (exact) mass is 421 g/mol. The van der Waals surface area contributed by atoms with Gasteiger partial charge in [-0.15, -0.1) is 10.2 Å². The van der Waals surface area contributed by atoms with Crippen LogP contribution in [0.15, 0.2) is 18.5 Å². The van der Waals surface area contributed by atoms with Gasteiger partial charge >= 0.3 is 6.30 Å². The number of nitrogens with one attached hydrogen (secondary N) is 4. The highest BCUT2D eigenvalue weighted by Crippen LogP contribution is 2.22. The summed E-state index contributed by atoms with van der Waals surface area (Å²) in [4.78, 5) is 19.9. The van der Waals surface area contributed by atoms with E-state index in [-0.39, 0.29) is 23.0 Å². The number of hydrogen-bond acceptors (Lipinski definition) is 9. The number of rotatable bonds is 6. The average molecular weight is 421 g/mol. The average Bonchev–Trinajstić information content (AvgIpc) is 2.72. The molecule has 2 aromatic heterocycles. The molecule has 0 radical (unpaired) electrons. The van der Waals surface area contributed by atoms with Crippen molar-refractivity contribution in [2.45, 2.75) is 19.1 Å². The summed E-state index contributed by atoms with van der Waals surface area (Å²) in [5.74, 6) is -0.711. The molecule has 30 heavy (non-hydrogen) atoms. The molecule has 0 aliphatic carbocycles. The summed E-state index contributed by atoms with van der Waals surface area (Å²) in [7, 11) is 0. The number of carbonyl (C=O) groups is 1. The zero-order valence-electron chi connectivity index (χ0n) is 15.6. The number of nitrogens with zero attached hydrogens (tertiary/aromatic N) is 5. The van der Waals surface area contributed by atoms with Crippen molar-refractivity contribution >= 4 is 23.2 Å². The molecule has 1 aliphatic rings. The Morgan fingerprint density at radius 3 is 2.60 bits per heavy atom. The van der Waals surface area contributed by atoms with Crippen LogP contribution in [0.25, 0.3) is 0 Å². The van der Waals surface area contributed by atoms with Crippen LogP contribution in [-0.4, -0.2) is 52.0 Å². The smallest absolute Gasteiger partial charge is 0.383 e. The molecule has 0 atom stereocenters. The Kier molecular flexibility index (Phi) is 6.58. The first kappa shape index (κ1) is 21.2. The second kappa shape index (κ2) is 9.31. The van der Waals surface area contributed by atoms with Crippen molar-refractivity contribution in [1.29, 1.82) is 5.26 Å². The SMILES string of the molecule is N#Cc1cnc(Nc2cc(NCC3CCNCC3)c(C(=O)NC(F)(F)F)nn2)cn1. The molecule has 2 aromatic rings. The number of amides is 1. The van der Waals surface area contributed by atoms with Crippen molar-refractivity contribution in [1.82, 2.24) is 30.8 Å². The summed E-state index contributed by atoms with van der Waals surface area (Å²) >= 11 is 0. The third-order valence-corrected chi connectivity index (χ3v) is 4.33. The molecule has 0 unspecified atom stereocenters. The Bertz CT molecular complexity index is 922. The maximum atomic E-state index is 12.6. The van der Waals surface area contributed by atoms with Crippen LogP contribution < -0.4 is 21.3 Å². The highest BCUT2D eigenvalue weighted by Gasteiger charge is 2.32. The molecule has 4 N–H and O–H groups in total. The summed E-state index contributed by atoms with van der Waals surface area (Å²) < 4.78 is 37.7. The van der Waals surface area contributed by atoms with Gasteiger partial charge in [0, 0.05) is 12.6 Å². The summed E-state index contributed by atoms with van der Waals surface area (Å²) in [6.07, 6.45) is -0.535. The first-order chi connectivity index (χ1) is 14.3. The van der Waals surface area contributed by atoms with E-state index >= 15 is 0 Å². The largest absolute Gasteiger partial charge is 0.484 e. The van der Waals surface area contributed by atoms with E-state index in [1.807, 2.05) is 6.07 Å². The van der Waals surface area contributed by atoms with E-state index in [0.717, 1.165) is 31.2 Å². The van der Waals surface area contributed by atoms with E-state index in [9.17, 15) is 18.0 Å². The molecule has 0 saturated carbocycles. The predicted molar refractivity (Wildman–Crippen MR) is 99.7 cm³/mol. The van der Waals surface area contributed by atoms with Crippen molar-refractivity contribution in [2.24, 2.45) is 5.92 Å². The number of alkyl halides is 3. The molecule has 10 nitrogen and oxygen atoms in total. The fraction of sp³-hybridized carbons (Fsp3) is 0.412. The molecule has 1 fully saturated rings. The molecule has 1 saturated heterocycles. The third-order valence-electron chi connectivity index (χ3n) is 4.33. The zero-order chi connectivity index (χ0) is 21.6. The van der Waals surface area contributed by atoms with Crippen LogP contribution in [-0.2, 0) is 0 Å². The number of carbonyl (C=O) groups excluding carboxylic acids is 1. The van der Waals surface area contributed by atoms with Gasteiger partial charge in [0.25, 0.3) is 5.91 Å². The highest BCUT2D eigenvalue weighted by molar-refractivity contribution is 5.98. The van der Waals surface area contributed by atoms with E-state index in [1.165, 1.54) is 18.5 Å². The minimum atomic E-state index is -4.89. The Morgan fingerprint density at radius 1 is 1.20 bits per heavy atom. The van der Waals surface area contributed by atoms with Crippen LogP contribution in [0, 0.1) is 17.2 Å². The van der Waals surface area contributed by atoms with Crippen molar-refractivity contribution in [2.75, 3.05) is 30.3 Å². The van der Waals surface area contributed by atoms with Gasteiger partial charge in [-0.3, -0.25) is 10.1 Å². The van der Waals surface area contributed by atoms with Gasteiger partial charge in [-0.05, 0) is 31.8 Å². The lowest BCUT2D eigenvalue weighted by Crippen LogP contribution is -2.38. The standard InChI is InChI=1S/C17H18F3N9O/c18-17(19,20)27-16(30)15-12(24-7-10-1-3-22-4-2-10)5-13(28-29-15)26-14-9-23-11(6-21)8-25-14/h5,8-10,22H,1-4,7H2,(H,27,30)(H2,24,25,26,28). The van der Waals surface area contributed by atoms with Gasteiger partial charge in [0.2, 0.25) is 0 Å². The number of aromatic nitrogens is 4. The molecule has 3 heterocycles. The van der Waals surface area contributed by atoms with E-state index < -0.39 is 17.9 Å². The normalized spacial score (nSPS) is 14.6. The van der Waals surface area contributed by atoms with Crippen LogP contribution in [0.3, 0.4) is 0 Å². The lowest BCUT2D eigenvalue weighted by Gasteiger charge is -2.23. The van der Waals surface area contributed by atoms with Crippen molar-refractivity contribution in [3.05, 3.63) is 29.8 Å². The van der Waals surface area contributed by atoms with Crippen LogP contribution in [0.1, 0.15) is 29.0 Å². The van der Waals surface area contributed by atoms with Crippen molar-refractivity contribution in [3.63, 3.8) is 0 Å². The summed E-state index contributed by atoms with van der Waals surface area (Å²) in [5.41, 5.74) is -0.248. The van der Waals surface area contributed by atoms with Gasteiger partial charge in [0.1, 0.15) is 11.9 Å². The number of anilines is 3. The Labute approximate surface area is 169 Å². The summed E-state index contributed by atoms with van der Waals surface area (Å²) in [5, 5.41) is 26.1. The van der Waals surface area contributed by atoms with Gasteiger partial charge in [0.15, 0.2) is 17.2 Å². The van der Waals surface area contributed by atoms with Gasteiger partial charge in [0.05, 0.1) is 18.1 Å².